The van der Waals surface area contributed by atoms with E-state index in [1.807, 2.05) is 0 Å². The van der Waals surface area contributed by atoms with Crippen LogP contribution in [0, 0.1) is 5.92 Å². The number of hydrogen-bond acceptors (Lipinski definition) is 3. The van der Waals surface area contributed by atoms with Crippen LogP contribution in [0.2, 0.25) is 0 Å². The third-order valence-electron chi connectivity index (χ3n) is 4.55. The molecular weight excluding hydrogens is 250 g/mol. The van der Waals surface area contributed by atoms with Crippen LogP contribution in [0.25, 0.3) is 0 Å². The first-order chi connectivity index (χ1) is 9.78. The maximum atomic E-state index is 6.43. The number of rotatable bonds is 5. The summed E-state index contributed by atoms with van der Waals surface area (Å²) in [5.41, 5.74) is 8.95. The summed E-state index contributed by atoms with van der Waals surface area (Å²) in [5.74, 6) is 1.77. The Labute approximate surface area is 121 Å². The van der Waals surface area contributed by atoms with Crippen LogP contribution in [0.3, 0.4) is 0 Å². The molecule has 1 atom stereocenters. The van der Waals surface area contributed by atoms with Crippen molar-refractivity contribution in [3.8, 4) is 5.75 Å². The first kappa shape index (κ1) is 13.9. The van der Waals surface area contributed by atoms with Crippen molar-refractivity contribution in [3.05, 3.63) is 29.3 Å². The van der Waals surface area contributed by atoms with Crippen LogP contribution in [-0.2, 0) is 11.2 Å². The number of benzene rings is 1. The highest BCUT2D eigenvalue weighted by Gasteiger charge is 2.31. The minimum absolute atomic E-state index is 0.0932. The second-order valence-corrected chi connectivity index (χ2v) is 6.04. The van der Waals surface area contributed by atoms with Gasteiger partial charge in [0.1, 0.15) is 5.75 Å². The van der Waals surface area contributed by atoms with Gasteiger partial charge in [-0.3, -0.25) is 0 Å². The molecule has 0 aromatic heterocycles. The van der Waals surface area contributed by atoms with E-state index in [-0.39, 0.29) is 6.04 Å². The van der Waals surface area contributed by atoms with Crippen molar-refractivity contribution in [1.82, 2.24) is 0 Å². The fourth-order valence-electron chi connectivity index (χ4n) is 3.43. The molecule has 0 radical (unpaired) electrons. The van der Waals surface area contributed by atoms with Crippen molar-refractivity contribution in [2.75, 3.05) is 13.2 Å². The Hall–Kier alpha value is -1.06. The van der Waals surface area contributed by atoms with Gasteiger partial charge in [0.25, 0.3) is 0 Å². The second kappa shape index (κ2) is 6.15. The van der Waals surface area contributed by atoms with Gasteiger partial charge in [-0.2, -0.15) is 0 Å². The van der Waals surface area contributed by atoms with Crippen LogP contribution in [0.5, 0.6) is 5.75 Å². The molecule has 3 rings (SSSR count). The van der Waals surface area contributed by atoms with Crippen LogP contribution in [0.15, 0.2) is 18.2 Å². The Morgan fingerprint density at radius 3 is 3.05 bits per heavy atom. The van der Waals surface area contributed by atoms with Gasteiger partial charge in [-0.15, -0.1) is 0 Å². The largest absolute Gasteiger partial charge is 0.493 e. The Kier molecular flexibility index (Phi) is 4.27. The van der Waals surface area contributed by atoms with Gasteiger partial charge in [-0.05, 0) is 50.5 Å². The van der Waals surface area contributed by atoms with Gasteiger partial charge in [0.2, 0.25) is 0 Å². The van der Waals surface area contributed by atoms with Gasteiger partial charge in [0.15, 0.2) is 0 Å². The molecule has 110 valence electrons. The Bertz CT molecular complexity index is 454. The van der Waals surface area contributed by atoms with E-state index in [0.717, 1.165) is 51.1 Å². The average Bonchev–Trinajstić information content (AvgIpc) is 2.44. The third-order valence-corrected chi connectivity index (χ3v) is 4.55. The molecule has 3 nitrogen and oxygen atoms in total. The normalized spacial score (nSPS) is 26.3. The summed E-state index contributed by atoms with van der Waals surface area (Å²) < 4.78 is 11.5. The molecule has 1 aromatic carbocycles. The van der Waals surface area contributed by atoms with Gasteiger partial charge in [-0.1, -0.05) is 18.2 Å². The second-order valence-electron chi connectivity index (χ2n) is 6.04. The molecule has 0 spiro atoms. The zero-order chi connectivity index (χ0) is 13.9. The van der Waals surface area contributed by atoms with E-state index in [4.69, 9.17) is 15.2 Å². The molecule has 1 unspecified atom stereocenters. The molecule has 1 heterocycles. The monoisotopic (exact) mass is 275 g/mol. The van der Waals surface area contributed by atoms with E-state index < -0.39 is 0 Å². The Balaban J connectivity index is 1.62. The van der Waals surface area contributed by atoms with Crippen molar-refractivity contribution < 1.29 is 9.47 Å². The van der Waals surface area contributed by atoms with Crippen LogP contribution < -0.4 is 10.5 Å². The zero-order valence-corrected chi connectivity index (χ0v) is 12.3. The number of aryl methyl sites for hydroxylation is 1. The molecule has 0 saturated heterocycles. The molecule has 2 N–H and O–H groups in total. The van der Waals surface area contributed by atoms with Crippen LogP contribution >= 0.6 is 0 Å². The van der Waals surface area contributed by atoms with Crippen LogP contribution in [0.1, 0.15) is 49.8 Å². The molecule has 1 aliphatic carbocycles. The molecule has 3 heteroatoms. The summed E-state index contributed by atoms with van der Waals surface area (Å²) >= 11 is 0. The fraction of sp³-hybridized carbons (Fsp3) is 0.647. The lowest BCUT2D eigenvalue weighted by Crippen LogP contribution is -2.33. The van der Waals surface area contributed by atoms with E-state index in [0.29, 0.717) is 12.0 Å². The summed E-state index contributed by atoms with van der Waals surface area (Å²) in [7, 11) is 0. The molecule has 0 amide bonds. The van der Waals surface area contributed by atoms with E-state index in [9.17, 15) is 0 Å². The highest BCUT2D eigenvalue weighted by molar-refractivity contribution is 5.44. The predicted octanol–water partition coefficient (Wildman–Crippen LogP) is 3.22. The van der Waals surface area contributed by atoms with E-state index in [1.165, 1.54) is 11.1 Å². The first-order valence-electron chi connectivity index (χ1n) is 7.89. The molecular formula is C17H25NO2. The summed E-state index contributed by atoms with van der Waals surface area (Å²) in [6.07, 6.45) is 6.08. The highest BCUT2D eigenvalue weighted by atomic mass is 16.5. The number of fused-ring (bicyclic) bond motifs is 1. The third kappa shape index (κ3) is 2.84. The van der Waals surface area contributed by atoms with E-state index in [2.05, 4.69) is 25.1 Å². The summed E-state index contributed by atoms with van der Waals surface area (Å²) in [4.78, 5) is 0. The minimum atomic E-state index is 0.0932. The van der Waals surface area contributed by atoms with Gasteiger partial charge < -0.3 is 15.2 Å². The molecule has 1 saturated carbocycles. The molecule has 1 fully saturated rings. The quantitative estimate of drug-likeness (QED) is 0.897. The lowest BCUT2D eigenvalue weighted by molar-refractivity contribution is -0.0282. The standard InChI is InChI=1S/C17H25NO2/c1-2-19-14-9-12(10-14)11-16(18)15-7-3-5-13-6-4-8-20-17(13)15/h3,5,7,12,14,16H,2,4,6,8-11,18H2,1H3. The highest BCUT2D eigenvalue weighted by Crippen LogP contribution is 2.39. The fourth-order valence-corrected chi connectivity index (χ4v) is 3.43. The zero-order valence-electron chi connectivity index (χ0n) is 12.3. The Morgan fingerprint density at radius 2 is 2.25 bits per heavy atom. The van der Waals surface area contributed by atoms with Gasteiger partial charge in [0.05, 0.1) is 12.7 Å². The van der Waals surface area contributed by atoms with Crippen molar-refractivity contribution >= 4 is 0 Å². The number of para-hydroxylation sites is 1. The number of nitrogens with two attached hydrogens (primary N) is 1. The van der Waals surface area contributed by atoms with Crippen molar-refractivity contribution in [2.45, 2.75) is 51.2 Å². The van der Waals surface area contributed by atoms with Gasteiger partial charge >= 0.3 is 0 Å². The van der Waals surface area contributed by atoms with Gasteiger partial charge in [0, 0.05) is 18.2 Å². The number of hydrogen-bond donors (Lipinski definition) is 1. The lowest BCUT2D eigenvalue weighted by atomic mass is 9.77. The molecule has 1 aromatic rings. The van der Waals surface area contributed by atoms with Crippen molar-refractivity contribution in [3.63, 3.8) is 0 Å². The molecule has 1 aliphatic heterocycles. The minimum Gasteiger partial charge on any atom is -0.493 e. The predicted molar refractivity (Wildman–Crippen MR) is 79.9 cm³/mol. The van der Waals surface area contributed by atoms with E-state index >= 15 is 0 Å². The Morgan fingerprint density at radius 1 is 1.40 bits per heavy atom. The molecule has 0 bridgehead atoms. The van der Waals surface area contributed by atoms with E-state index in [1.54, 1.807) is 0 Å². The molecule has 2 aliphatic rings. The smallest absolute Gasteiger partial charge is 0.127 e. The maximum absolute atomic E-state index is 6.43. The molecule has 20 heavy (non-hydrogen) atoms. The topological polar surface area (TPSA) is 44.5 Å². The van der Waals surface area contributed by atoms with Gasteiger partial charge in [-0.25, -0.2) is 0 Å². The van der Waals surface area contributed by atoms with Crippen LogP contribution in [-0.4, -0.2) is 19.3 Å². The summed E-state index contributed by atoms with van der Waals surface area (Å²) in [6.45, 7) is 3.71. The SMILES string of the molecule is CCOC1CC(CC(N)c2cccc3c2OCCC3)C1. The summed E-state index contributed by atoms with van der Waals surface area (Å²) in [5, 5.41) is 0. The first-order valence-corrected chi connectivity index (χ1v) is 7.89. The lowest BCUT2D eigenvalue weighted by Gasteiger charge is -2.36. The van der Waals surface area contributed by atoms with Crippen LogP contribution in [0.4, 0.5) is 0 Å². The average molecular weight is 275 g/mol. The summed E-state index contributed by atoms with van der Waals surface area (Å²) in [6, 6.07) is 6.51. The number of ether oxygens (including phenoxy) is 2. The van der Waals surface area contributed by atoms with Crippen molar-refractivity contribution in [1.29, 1.82) is 0 Å². The van der Waals surface area contributed by atoms with Crippen molar-refractivity contribution in [2.24, 2.45) is 11.7 Å². The maximum Gasteiger partial charge on any atom is 0.127 e.